The molecule has 1 aliphatic rings. The van der Waals surface area contributed by atoms with Gasteiger partial charge in [-0.15, -0.1) is 0 Å². The van der Waals surface area contributed by atoms with Gasteiger partial charge in [0.05, 0.1) is 0 Å². The number of aromatic nitrogens is 1. The van der Waals surface area contributed by atoms with Crippen molar-refractivity contribution < 1.29 is 9.53 Å². The van der Waals surface area contributed by atoms with Gasteiger partial charge in [-0.25, -0.2) is 0 Å². The van der Waals surface area contributed by atoms with E-state index in [0.717, 1.165) is 42.5 Å². The Kier molecular flexibility index (Phi) is 2.92. The Bertz CT molecular complexity index is 562. The molecule has 1 saturated heterocycles. The molecule has 4 nitrogen and oxygen atoms in total. The molecule has 0 saturated carbocycles. The first-order chi connectivity index (χ1) is 8.83. The normalized spacial score (nSPS) is 20.4. The molecule has 1 aromatic carbocycles. The minimum atomic E-state index is -0.358. The lowest BCUT2D eigenvalue weighted by Crippen LogP contribution is -2.36. The van der Waals surface area contributed by atoms with Crippen LogP contribution in [0.15, 0.2) is 30.5 Å². The summed E-state index contributed by atoms with van der Waals surface area (Å²) in [7, 11) is 0. The fraction of sp³-hybridized carbons (Fsp3) is 0.357. The number of aromatic amines is 1. The summed E-state index contributed by atoms with van der Waals surface area (Å²) in [4.78, 5) is 14.9. The van der Waals surface area contributed by atoms with Crippen LogP contribution in [0.2, 0.25) is 0 Å². The number of hydrogen-bond donors (Lipinski definition) is 2. The predicted octanol–water partition coefficient (Wildman–Crippen LogP) is 2.22. The molecule has 1 atom stereocenters. The van der Waals surface area contributed by atoms with E-state index in [1.165, 1.54) is 0 Å². The topological polar surface area (TPSA) is 54.1 Å². The molecule has 94 valence electrons. The van der Waals surface area contributed by atoms with E-state index in [9.17, 15) is 4.79 Å². The Morgan fingerprint density at radius 3 is 3.11 bits per heavy atom. The van der Waals surface area contributed by atoms with Crippen molar-refractivity contribution in [1.82, 2.24) is 10.3 Å². The third-order valence-corrected chi connectivity index (χ3v) is 3.29. The van der Waals surface area contributed by atoms with Gasteiger partial charge in [0, 0.05) is 23.6 Å². The molecule has 4 heteroatoms. The third-order valence-electron chi connectivity index (χ3n) is 3.29. The molecule has 1 aliphatic heterocycles. The molecule has 3 rings (SSSR count). The van der Waals surface area contributed by atoms with E-state index < -0.39 is 0 Å². The first-order valence-electron chi connectivity index (χ1n) is 6.34. The first kappa shape index (κ1) is 11.1. The summed E-state index contributed by atoms with van der Waals surface area (Å²) in [5.41, 5.74) is 1.08. The number of rotatable bonds is 2. The number of hydrogen-bond acceptors (Lipinski definition) is 2. The Morgan fingerprint density at radius 1 is 1.22 bits per heavy atom. The van der Waals surface area contributed by atoms with Crippen LogP contribution in [0.3, 0.4) is 0 Å². The molecule has 2 heterocycles. The number of amides is 1. The van der Waals surface area contributed by atoms with Crippen molar-refractivity contribution in [3.8, 4) is 5.75 Å². The number of H-pyrrole nitrogens is 1. The van der Waals surface area contributed by atoms with Crippen molar-refractivity contribution in [2.75, 3.05) is 6.54 Å². The second kappa shape index (κ2) is 4.72. The Labute approximate surface area is 105 Å². The van der Waals surface area contributed by atoms with E-state index in [1.807, 2.05) is 30.5 Å². The lowest BCUT2D eigenvalue weighted by molar-refractivity contribution is -0.127. The van der Waals surface area contributed by atoms with Crippen LogP contribution in [0.5, 0.6) is 5.75 Å². The lowest BCUT2D eigenvalue weighted by atomic mass is 10.2. The minimum Gasteiger partial charge on any atom is -0.481 e. The van der Waals surface area contributed by atoms with Gasteiger partial charge >= 0.3 is 0 Å². The fourth-order valence-electron chi connectivity index (χ4n) is 2.29. The monoisotopic (exact) mass is 244 g/mol. The van der Waals surface area contributed by atoms with Gasteiger partial charge in [0.15, 0.2) is 6.10 Å². The molecule has 0 spiro atoms. The summed E-state index contributed by atoms with van der Waals surface area (Å²) in [6, 6.07) is 7.83. The van der Waals surface area contributed by atoms with Crippen LogP contribution >= 0.6 is 0 Å². The van der Waals surface area contributed by atoms with E-state index in [1.54, 1.807) is 0 Å². The molecule has 2 aromatic rings. The van der Waals surface area contributed by atoms with Crippen LogP contribution in [0.1, 0.15) is 19.3 Å². The molecule has 18 heavy (non-hydrogen) atoms. The van der Waals surface area contributed by atoms with Crippen LogP contribution in [0.4, 0.5) is 0 Å². The number of nitrogens with one attached hydrogen (secondary N) is 2. The standard InChI is InChI=1S/C14H16N2O2/c17-14-13(3-1-2-7-16-14)18-11-4-5-12-10(9-11)6-8-15-12/h4-6,8-9,13,15H,1-3,7H2,(H,16,17). The Hall–Kier alpha value is -1.97. The van der Waals surface area contributed by atoms with Crippen LogP contribution in [-0.4, -0.2) is 23.5 Å². The predicted molar refractivity (Wildman–Crippen MR) is 69.6 cm³/mol. The average molecular weight is 244 g/mol. The highest BCUT2D eigenvalue weighted by molar-refractivity contribution is 5.82. The zero-order chi connectivity index (χ0) is 12.4. The number of carbonyl (C=O) groups is 1. The van der Waals surface area contributed by atoms with Crippen LogP contribution in [0, 0.1) is 0 Å². The molecule has 2 N–H and O–H groups in total. The molecule has 1 unspecified atom stereocenters. The van der Waals surface area contributed by atoms with Crippen LogP contribution < -0.4 is 10.1 Å². The summed E-state index contributed by atoms with van der Waals surface area (Å²) in [5.74, 6) is 0.755. The SMILES string of the molecule is O=C1NCCCCC1Oc1ccc2[nH]ccc2c1. The Balaban J connectivity index is 1.79. The molecule has 1 aromatic heterocycles. The van der Waals surface area contributed by atoms with Crippen LogP contribution in [0.25, 0.3) is 10.9 Å². The van der Waals surface area contributed by atoms with Crippen molar-refractivity contribution >= 4 is 16.8 Å². The zero-order valence-electron chi connectivity index (χ0n) is 10.1. The lowest BCUT2D eigenvalue weighted by Gasteiger charge is -2.15. The second-order valence-electron chi connectivity index (χ2n) is 4.62. The van der Waals surface area contributed by atoms with Gasteiger partial charge in [-0.3, -0.25) is 4.79 Å². The van der Waals surface area contributed by atoms with E-state index in [-0.39, 0.29) is 12.0 Å². The summed E-state index contributed by atoms with van der Waals surface area (Å²) >= 11 is 0. The van der Waals surface area contributed by atoms with Gasteiger partial charge in [0.2, 0.25) is 0 Å². The highest BCUT2D eigenvalue weighted by Gasteiger charge is 2.22. The highest BCUT2D eigenvalue weighted by Crippen LogP contribution is 2.22. The number of benzene rings is 1. The summed E-state index contributed by atoms with van der Waals surface area (Å²) in [6.45, 7) is 0.759. The maximum Gasteiger partial charge on any atom is 0.261 e. The molecular formula is C14H16N2O2. The Morgan fingerprint density at radius 2 is 2.17 bits per heavy atom. The maximum absolute atomic E-state index is 11.8. The largest absolute Gasteiger partial charge is 0.481 e. The maximum atomic E-state index is 11.8. The quantitative estimate of drug-likeness (QED) is 0.851. The number of fused-ring (bicyclic) bond motifs is 1. The van der Waals surface area contributed by atoms with Crippen molar-refractivity contribution in [2.45, 2.75) is 25.4 Å². The van der Waals surface area contributed by atoms with Gasteiger partial charge < -0.3 is 15.0 Å². The van der Waals surface area contributed by atoms with Crippen molar-refractivity contribution in [3.63, 3.8) is 0 Å². The minimum absolute atomic E-state index is 0.00154. The number of carbonyl (C=O) groups excluding carboxylic acids is 1. The molecular weight excluding hydrogens is 228 g/mol. The average Bonchev–Trinajstić information content (AvgIpc) is 2.75. The van der Waals surface area contributed by atoms with E-state index in [0.29, 0.717) is 0 Å². The van der Waals surface area contributed by atoms with Crippen LogP contribution in [-0.2, 0) is 4.79 Å². The highest BCUT2D eigenvalue weighted by atomic mass is 16.5. The van der Waals surface area contributed by atoms with Gasteiger partial charge in [0.25, 0.3) is 5.91 Å². The zero-order valence-corrected chi connectivity index (χ0v) is 10.1. The van der Waals surface area contributed by atoms with Crippen molar-refractivity contribution in [3.05, 3.63) is 30.5 Å². The first-order valence-corrected chi connectivity index (χ1v) is 6.34. The van der Waals surface area contributed by atoms with Gasteiger partial charge in [-0.2, -0.15) is 0 Å². The van der Waals surface area contributed by atoms with Gasteiger partial charge in [0.1, 0.15) is 5.75 Å². The van der Waals surface area contributed by atoms with E-state index in [4.69, 9.17) is 4.74 Å². The summed E-state index contributed by atoms with van der Waals surface area (Å²) in [6.07, 6.45) is 4.38. The van der Waals surface area contributed by atoms with Crippen molar-refractivity contribution in [2.24, 2.45) is 0 Å². The van der Waals surface area contributed by atoms with Crippen molar-refractivity contribution in [1.29, 1.82) is 0 Å². The van der Waals surface area contributed by atoms with Gasteiger partial charge in [-0.05, 0) is 43.5 Å². The second-order valence-corrected chi connectivity index (χ2v) is 4.62. The fourth-order valence-corrected chi connectivity index (χ4v) is 2.29. The molecule has 0 aliphatic carbocycles. The smallest absolute Gasteiger partial charge is 0.261 e. The number of ether oxygens (including phenoxy) is 1. The molecule has 1 amide bonds. The van der Waals surface area contributed by atoms with E-state index >= 15 is 0 Å². The summed E-state index contributed by atoms with van der Waals surface area (Å²) < 4.78 is 5.80. The third kappa shape index (κ3) is 2.18. The summed E-state index contributed by atoms with van der Waals surface area (Å²) in [5, 5.41) is 3.98. The van der Waals surface area contributed by atoms with Gasteiger partial charge in [-0.1, -0.05) is 0 Å². The molecule has 0 bridgehead atoms. The molecule has 0 radical (unpaired) electrons. The molecule has 1 fully saturated rings. The van der Waals surface area contributed by atoms with E-state index in [2.05, 4.69) is 10.3 Å².